The number of benzene rings is 2. The van der Waals surface area contributed by atoms with Crippen molar-refractivity contribution in [3.8, 4) is 0 Å². The van der Waals surface area contributed by atoms with E-state index in [1.807, 2.05) is 19.9 Å². The summed E-state index contributed by atoms with van der Waals surface area (Å²) in [4.78, 5) is 12.4. The smallest absolute Gasteiger partial charge is 0.297 e. The minimum Gasteiger partial charge on any atom is -0.324 e. The van der Waals surface area contributed by atoms with Crippen LogP contribution in [-0.2, 0) is 19.1 Å². The van der Waals surface area contributed by atoms with Crippen LogP contribution in [0.15, 0.2) is 59.5 Å². The van der Waals surface area contributed by atoms with Crippen molar-refractivity contribution in [2.75, 3.05) is 5.32 Å². The molecule has 0 aliphatic heterocycles. The summed E-state index contributed by atoms with van der Waals surface area (Å²) in [5.74, 6) is -0.473. The highest BCUT2D eigenvalue weighted by atomic mass is 32.2. The molecule has 24 heavy (non-hydrogen) atoms. The molecule has 128 valence electrons. The number of carbonyl (C=O) groups excluding carboxylic acids is 1. The molecule has 0 aliphatic carbocycles. The number of anilines is 1. The van der Waals surface area contributed by atoms with Gasteiger partial charge in [0.15, 0.2) is 6.10 Å². The third-order valence-corrected chi connectivity index (χ3v) is 4.77. The Morgan fingerprint density at radius 3 is 2.29 bits per heavy atom. The van der Waals surface area contributed by atoms with Gasteiger partial charge in [-0.2, -0.15) is 8.42 Å². The fourth-order valence-corrected chi connectivity index (χ4v) is 3.21. The summed E-state index contributed by atoms with van der Waals surface area (Å²) < 4.78 is 30.0. The van der Waals surface area contributed by atoms with E-state index in [4.69, 9.17) is 4.18 Å². The second-order valence-corrected chi connectivity index (χ2v) is 7.07. The van der Waals surface area contributed by atoms with Crippen molar-refractivity contribution in [3.05, 3.63) is 60.2 Å². The lowest BCUT2D eigenvalue weighted by Crippen LogP contribution is -2.32. The molecule has 1 atom stereocenters. The van der Waals surface area contributed by atoms with Crippen LogP contribution in [0.5, 0.6) is 0 Å². The first-order valence-electron chi connectivity index (χ1n) is 7.78. The van der Waals surface area contributed by atoms with E-state index in [2.05, 4.69) is 5.32 Å². The maximum absolute atomic E-state index is 12.4. The predicted molar refractivity (Wildman–Crippen MR) is 93.2 cm³/mol. The van der Waals surface area contributed by atoms with Gasteiger partial charge in [-0.05, 0) is 37.6 Å². The number of carbonyl (C=O) groups is 1. The molecule has 0 unspecified atom stereocenters. The second kappa shape index (κ2) is 8.08. The Bertz CT molecular complexity index is 770. The SMILES string of the molecule is CCC[C@H](OS(=O)(=O)c1ccc(C)cc1)C(=O)Nc1ccccc1. The Kier molecular flexibility index (Phi) is 6.11. The van der Waals surface area contributed by atoms with Crippen molar-refractivity contribution in [2.24, 2.45) is 0 Å². The molecule has 2 rings (SSSR count). The van der Waals surface area contributed by atoms with Crippen LogP contribution in [0.25, 0.3) is 0 Å². The average Bonchev–Trinajstić information content (AvgIpc) is 2.55. The monoisotopic (exact) mass is 347 g/mol. The molecule has 0 saturated heterocycles. The molecule has 0 saturated carbocycles. The van der Waals surface area contributed by atoms with Crippen molar-refractivity contribution in [1.29, 1.82) is 0 Å². The number of rotatable bonds is 7. The van der Waals surface area contributed by atoms with Crippen LogP contribution in [0, 0.1) is 6.92 Å². The first-order valence-corrected chi connectivity index (χ1v) is 9.19. The highest BCUT2D eigenvalue weighted by molar-refractivity contribution is 7.86. The third-order valence-electron chi connectivity index (χ3n) is 3.44. The highest BCUT2D eigenvalue weighted by Gasteiger charge is 2.27. The van der Waals surface area contributed by atoms with E-state index < -0.39 is 22.1 Å². The molecule has 6 heteroatoms. The number of para-hydroxylation sites is 1. The van der Waals surface area contributed by atoms with E-state index in [0.717, 1.165) is 5.56 Å². The summed E-state index contributed by atoms with van der Waals surface area (Å²) in [7, 11) is -4.00. The van der Waals surface area contributed by atoms with Crippen LogP contribution in [0.2, 0.25) is 0 Å². The minimum atomic E-state index is -4.00. The summed E-state index contributed by atoms with van der Waals surface area (Å²) in [5, 5.41) is 2.68. The normalized spacial score (nSPS) is 12.6. The van der Waals surface area contributed by atoms with Gasteiger partial charge in [0.1, 0.15) is 0 Å². The fraction of sp³-hybridized carbons (Fsp3) is 0.278. The standard InChI is InChI=1S/C18H21NO4S/c1-3-7-17(18(20)19-15-8-5-4-6-9-15)23-24(21,22)16-12-10-14(2)11-13-16/h4-6,8-13,17H,3,7H2,1-2H3,(H,19,20)/t17-/m0/s1. The van der Waals surface area contributed by atoms with Crippen LogP contribution in [0.1, 0.15) is 25.3 Å². The molecule has 0 fully saturated rings. The largest absolute Gasteiger partial charge is 0.324 e. The van der Waals surface area contributed by atoms with E-state index in [1.54, 1.807) is 36.4 Å². The maximum atomic E-state index is 12.4. The summed E-state index contributed by atoms with van der Waals surface area (Å²) in [6, 6.07) is 15.2. The van der Waals surface area contributed by atoms with Crippen molar-refractivity contribution < 1.29 is 17.4 Å². The van der Waals surface area contributed by atoms with Crippen molar-refractivity contribution in [3.63, 3.8) is 0 Å². The van der Waals surface area contributed by atoms with Crippen LogP contribution in [-0.4, -0.2) is 20.4 Å². The molecule has 2 aromatic rings. The number of aryl methyl sites for hydroxylation is 1. The van der Waals surface area contributed by atoms with Crippen molar-refractivity contribution in [1.82, 2.24) is 0 Å². The Morgan fingerprint density at radius 2 is 1.71 bits per heavy atom. The molecule has 0 radical (unpaired) electrons. The van der Waals surface area contributed by atoms with Gasteiger partial charge in [0.2, 0.25) is 0 Å². The molecular weight excluding hydrogens is 326 g/mol. The van der Waals surface area contributed by atoms with E-state index in [1.165, 1.54) is 12.1 Å². The molecule has 1 amide bonds. The molecule has 0 bridgehead atoms. The van der Waals surface area contributed by atoms with Crippen LogP contribution in [0.3, 0.4) is 0 Å². The van der Waals surface area contributed by atoms with E-state index in [0.29, 0.717) is 18.5 Å². The number of amides is 1. The van der Waals surface area contributed by atoms with Crippen LogP contribution in [0.4, 0.5) is 5.69 Å². The quantitative estimate of drug-likeness (QED) is 0.778. The summed E-state index contributed by atoms with van der Waals surface area (Å²) in [5.41, 5.74) is 1.54. The van der Waals surface area contributed by atoms with Gasteiger partial charge in [0.25, 0.3) is 16.0 Å². The van der Waals surface area contributed by atoms with E-state index >= 15 is 0 Å². The zero-order chi connectivity index (χ0) is 17.6. The molecule has 0 aromatic heterocycles. The highest BCUT2D eigenvalue weighted by Crippen LogP contribution is 2.18. The number of hydrogen-bond acceptors (Lipinski definition) is 4. The number of hydrogen-bond donors (Lipinski definition) is 1. The van der Waals surface area contributed by atoms with Gasteiger partial charge in [0.05, 0.1) is 4.90 Å². The van der Waals surface area contributed by atoms with Gasteiger partial charge in [0, 0.05) is 5.69 Å². The van der Waals surface area contributed by atoms with Gasteiger partial charge in [-0.1, -0.05) is 49.2 Å². The van der Waals surface area contributed by atoms with Gasteiger partial charge >= 0.3 is 0 Å². The maximum Gasteiger partial charge on any atom is 0.297 e. The lowest BCUT2D eigenvalue weighted by Gasteiger charge is -2.17. The summed E-state index contributed by atoms with van der Waals surface area (Å²) in [6.07, 6.45) is -0.137. The Hall–Kier alpha value is -2.18. The Labute approximate surface area is 142 Å². The van der Waals surface area contributed by atoms with E-state index in [-0.39, 0.29) is 4.90 Å². The summed E-state index contributed by atoms with van der Waals surface area (Å²) in [6.45, 7) is 3.73. The molecular formula is C18H21NO4S. The molecule has 0 spiro atoms. The van der Waals surface area contributed by atoms with Gasteiger partial charge in [-0.25, -0.2) is 0 Å². The van der Waals surface area contributed by atoms with Gasteiger partial charge in [-0.3, -0.25) is 8.98 Å². The van der Waals surface area contributed by atoms with Crippen molar-refractivity contribution in [2.45, 2.75) is 37.7 Å². The molecule has 0 aliphatic rings. The molecule has 2 aromatic carbocycles. The van der Waals surface area contributed by atoms with Gasteiger partial charge < -0.3 is 5.32 Å². The van der Waals surface area contributed by atoms with Crippen molar-refractivity contribution >= 4 is 21.7 Å². The van der Waals surface area contributed by atoms with Crippen LogP contribution < -0.4 is 5.32 Å². The first-order chi connectivity index (χ1) is 11.4. The topological polar surface area (TPSA) is 72.5 Å². The Balaban J connectivity index is 2.15. The molecule has 1 N–H and O–H groups in total. The summed E-state index contributed by atoms with van der Waals surface area (Å²) >= 11 is 0. The zero-order valence-electron chi connectivity index (χ0n) is 13.7. The Morgan fingerprint density at radius 1 is 1.08 bits per heavy atom. The zero-order valence-corrected chi connectivity index (χ0v) is 14.5. The second-order valence-electron chi connectivity index (χ2n) is 5.50. The molecule has 0 heterocycles. The first kappa shape index (κ1) is 18.2. The minimum absolute atomic E-state index is 0.0433. The lowest BCUT2D eigenvalue weighted by atomic mass is 10.2. The lowest BCUT2D eigenvalue weighted by molar-refractivity contribution is -0.122. The third kappa shape index (κ3) is 4.91. The fourth-order valence-electron chi connectivity index (χ4n) is 2.14. The number of nitrogens with one attached hydrogen (secondary N) is 1. The average molecular weight is 347 g/mol. The predicted octanol–water partition coefficient (Wildman–Crippen LogP) is 3.51. The van der Waals surface area contributed by atoms with E-state index in [9.17, 15) is 13.2 Å². The molecule has 5 nitrogen and oxygen atoms in total. The van der Waals surface area contributed by atoms with Crippen LogP contribution >= 0.6 is 0 Å². The van der Waals surface area contributed by atoms with Gasteiger partial charge in [-0.15, -0.1) is 0 Å².